The Labute approximate surface area is 122 Å². The lowest BCUT2D eigenvalue weighted by molar-refractivity contribution is 0.691. The predicted octanol–water partition coefficient (Wildman–Crippen LogP) is 6.04. The van der Waals surface area contributed by atoms with Crippen molar-refractivity contribution in [3.8, 4) is 0 Å². The van der Waals surface area contributed by atoms with Gasteiger partial charge in [0.25, 0.3) is 0 Å². The molecule has 0 aromatic heterocycles. The summed E-state index contributed by atoms with van der Waals surface area (Å²) in [6.45, 7) is 14.7. The summed E-state index contributed by atoms with van der Waals surface area (Å²) in [4.78, 5) is 2.05. The second-order valence-electron chi connectivity index (χ2n) is 5.09. The molecule has 0 radical (unpaired) electrons. The van der Waals surface area contributed by atoms with E-state index in [2.05, 4.69) is 70.4 Å². The SMILES string of the molecule is C=C1/C=C\C=C(\C)C(C)C/C=C\C(C)/C=C\C(=C)S1. The first-order valence-corrected chi connectivity index (χ1v) is 7.56. The Hall–Kier alpha value is -1.21. The first kappa shape index (κ1) is 15.8. The van der Waals surface area contributed by atoms with Crippen molar-refractivity contribution in [2.24, 2.45) is 11.8 Å². The fraction of sp³-hybridized carbons (Fsp3) is 0.333. The van der Waals surface area contributed by atoms with Crippen LogP contribution in [0.5, 0.6) is 0 Å². The fourth-order valence-corrected chi connectivity index (χ4v) is 2.34. The summed E-state index contributed by atoms with van der Waals surface area (Å²) < 4.78 is 0. The Bertz CT molecular complexity index is 446. The highest BCUT2D eigenvalue weighted by Gasteiger charge is 2.02. The molecule has 0 saturated carbocycles. The van der Waals surface area contributed by atoms with Crippen molar-refractivity contribution in [3.05, 3.63) is 71.1 Å². The predicted molar refractivity (Wildman–Crippen MR) is 90.0 cm³/mol. The smallest absolute Gasteiger partial charge is 0.00497 e. The number of hydrogen-bond acceptors (Lipinski definition) is 1. The Morgan fingerprint density at radius 2 is 1.79 bits per heavy atom. The van der Waals surface area contributed by atoms with Crippen LogP contribution in [0.15, 0.2) is 71.1 Å². The van der Waals surface area contributed by atoms with Crippen LogP contribution in [0, 0.1) is 11.8 Å². The van der Waals surface area contributed by atoms with Crippen molar-refractivity contribution in [2.75, 3.05) is 0 Å². The molecular formula is C18H24S. The molecule has 0 fully saturated rings. The Balaban J connectivity index is 2.89. The van der Waals surface area contributed by atoms with E-state index in [0.717, 1.165) is 16.2 Å². The van der Waals surface area contributed by atoms with Gasteiger partial charge in [0, 0.05) is 9.81 Å². The molecule has 1 aliphatic rings. The molecular weight excluding hydrogens is 248 g/mol. The molecule has 0 saturated heterocycles. The average Bonchev–Trinajstić information content (AvgIpc) is 2.35. The van der Waals surface area contributed by atoms with Crippen LogP contribution in [-0.4, -0.2) is 0 Å². The van der Waals surface area contributed by atoms with Gasteiger partial charge < -0.3 is 0 Å². The third-order valence-electron chi connectivity index (χ3n) is 3.20. The van der Waals surface area contributed by atoms with E-state index < -0.39 is 0 Å². The minimum absolute atomic E-state index is 0.445. The Morgan fingerprint density at radius 3 is 2.53 bits per heavy atom. The first-order chi connectivity index (χ1) is 8.99. The van der Waals surface area contributed by atoms with Crippen molar-refractivity contribution in [2.45, 2.75) is 27.2 Å². The largest absolute Gasteiger partial charge is 0.0914 e. The van der Waals surface area contributed by atoms with E-state index in [1.165, 1.54) is 5.57 Å². The van der Waals surface area contributed by atoms with E-state index in [1.807, 2.05) is 6.08 Å². The summed E-state index contributed by atoms with van der Waals surface area (Å²) in [5.41, 5.74) is 1.40. The minimum atomic E-state index is 0.445. The molecule has 0 bridgehead atoms. The summed E-state index contributed by atoms with van der Waals surface area (Å²) in [7, 11) is 0. The van der Waals surface area contributed by atoms with Crippen molar-refractivity contribution >= 4 is 11.8 Å². The van der Waals surface area contributed by atoms with E-state index in [1.54, 1.807) is 11.8 Å². The molecule has 1 heteroatoms. The topological polar surface area (TPSA) is 0 Å². The number of hydrogen-bond donors (Lipinski definition) is 0. The third kappa shape index (κ3) is 6.49. The number of allylic oxidation sites excluding steroid dienone is 8. The zero-order valence-corrected chi connectivity index (χ0v) is 13.0. The van der Waals surface area contributed by atoms with Crippen molar-refractivity contribution < 1.29 is 0 Å². The van der Waals surface area contributed by atoms with Gasteiger partial charge in [-0.3, -0.25) is 0 Å². The Kier molecular flexibility index (Phi) is 6.72. The van der Waals surface area contributed by atoms with Gasteiger partial charge in [0.1, 0.15) is 0 Å². The van der Waals surface area contributed by atoms with Gasteiger partial charge in [0.2, 0.25) is 0 Å². The van der Waals surface area contributed by atoms with Gasteiger partial charge in [-0.1, -0.05) is 80.8 Å². The van der Waals surface area contributed by atoms with Gasteiger partial charge in [-0.25, -0.2) is 0 Å². The van der Waals surface area contributed by atoms with Gasteiger partial charge in [-0.05, 0) is 31.3 Å². The molecule has 2 unspecified atom stereocenters. The fourth-order valence-electron chi connectivity index (χ4n) is 1.71. The maximum absolute atomic E-state index is 4.04. The summed E-state index contributed by atoms with van der Waals surface area (Å²) in [6, 6.07) is 0. The number of rotatable bonds is 0. The molecule has 0 nitrogen and oxygen atoms in total. The maximum atomic E-state index is 4.04. The van der Waals surface area contributed by atoms with Crippen LogP contribution in [0.1, 0.15) is 27.2 Å². The van der Waals surface area contributed by atoms with E-state index in [9.17, 15) is 0 Å². The highest BCUT2D eigenvalue weighted by atomic mass is 32.2. The molecule has 0 amide bonds. The van der Waals surface area contributed by atoms with Crippen molar-refractivity contribution in [1.29, 1.82) is 0 Å². The summed E-state index contributed by atoms with van der Waals surface area (Å²) >= 11 is 1.61. The van der Waals surface area contributed by atoms with Crippen LogP contribution in [0.3, 0.4) is 0 Å². The molecule has 19 heavy (non-hydrogen) atoms. The molecule has 102 valence electrons. The van der Waals surface area contributed by atoms with Crippen LogP contribution in [0.4, 0.5) is 0 Å². The second kappa shape index (κ2) is 8.06. The van der Waals surface area contributed by atoms with Gasteiger partial charge in [-0.15, -0.1) is 0 Å². The lowest BCUT2D eigenvalue weighted by Crippen LogP contribution is -1.94. The highest BCUT2D eigenvalue weighted by molar-refractivity contribution is 8.07. The number of thioether (sulfide) groups is 1. The van der Waals surface area contributed by atoms with E-state index in [-0.39, 0.29) is 0 Å². The molecule has 2 atom stereocenters. The zero-order valence-electron chi connectivity index (χ0n) is 12.2. The quantitative estimate of drug-likeness (QED) is 0.485. The van der Waals surface area contributed by atoms with Crippen LogP contribution >= 0.6 is 11.8 Å². The van der Waals surface area contributed by atoms with Crippen LogP contribution in [0.25, 0.3) is 0 Å². The molecule has 1 rings (SSSR count). The maximum Gasteiger partial charge on any atom is 0.00497 e. The molecule has 1 aliphatic heterocycles. The van der Waals surface area contributed by atoms with E-state index >= 15 is 0 Å². The van der Waals surface area contributed by atoms with Crippen molar-refractivity contribution in [3.63, 3.8) is 0 Å². The van der Waals surface area contributed by atoms with Crippen LogP contribution in [-0.2, 0) is 0 Å². The minimum Gasteiger partial charge on any atom is -0.0914 e. The second-order valence-corrected chi connectivity index (χ2v) is 6.34. The molecule has 0 aliphatic carbocycles. The monoisotopic (exact) mass is 272 g/mol. The molecule has 0 aromatic rings. The van der Waals surface area contributed by atoms with E-state index in [4.69, 9.17) is 0 Å². The third-order valence-corrected chi connectivity index (χ3v) is 3.99. The molecule has 1 heterocycles. The normalized spacial score (nSPS) is 33.9. The van der Waals surface area contributed by atoms with Gasteiger partial charge >= 0.3 is 0 Å². The molecule has 0 aromatic carbocycles. The highest BCUT2D eigenvalue weighted by Crippen LogP contribution is 2.25. The molecule has 0 N–H and O–H groups in total. The summed E-state index contributed by atoms with van der Waals surface area (Å²) in [5.74, 6) is 1.02. The molecule has 0 spiro atoms. The average molecular weight is 272 g/mol. The van der Waals surface area contributed by atoms with Crippen LogP contribution < -0.4 is 0 Å². The Morgan fingerprint density at radius 1 is 1.11 bits per heavy atom. The lowest BCUT2D eigenvalue weighted by atomic mass is 9.97. The van der Waals surface area contributed by atoms with Crippen molar-refractivity contribution in [1.82, 2.24) is 0 Å². The van der Waals surface area contributed by atoms with Crippen LogP contribution in [0.2, 0.25) is 0 Å². The zero-order chi connectivity index (χ0) is 14.3. The lowest BCUT2D eigenvalue weighted by Gasteiger charge is -2.09. The standard InChI is InChI=1S/C18H24S/c1-14-8-6-9-15(2)16(3)10-7-11-17(4)19-18(5)13-12-14/h6-8,10-15H,4-5,9H2,1-3H3/b8-6-,11-7-,13-12-,16-10-. The van der Waals surface area contributed by atoms with Gasteiger partial charge in [-0.2, -0.15) is 0 Å². The summed E-state index contributed by atoms with van der Waals surface area (Å²) in [5, 5.41) is 0. The summed E-state index contributed by atoms with van der Waals surface area (Å²) in [6.07, 6.45) is 16.2. The first-order valence-electron chi connectivity index (χ1n) is 6.74. The van der Waals surface area contributed by atoms with E-state index in [0.29, 0.717) is 11.8 Å². The van der Waals surface area contributed by atoms with Gasteiger partial charge in [0.15, 0.2) is 0 Å². The van der Waals surface area contributed by atoms with Gasteiger partial charge in [0.05, 0.1) is 0 Å².